The molecule has 4 aliphatic rings. The van der Waals surface area contributed by atoms with Crippen LogP contribution in [0.2, 0.25) is 0 Å². The van der Waals surface area contributed by atoms with Crippen molar-refractivity contribution in [1.82, 2.24) is 9.55 Å². The van der Waals surface area contributed by atoms with Crippen LogP contribution in [0.25, 0.3) is 45.2 Å². The summed E-state index contributed by atoms with van der Waals surface area (Å²) in [6, 6.07) is 22.5. The van der Waals surface area contributed by atoms with Gasteiger partial charge >= 0.3 is 0 Å². The zero-order chi connectivity index (χ0) is 30.1. The molecule has 3 aliphatic carbocycles. The highest BCUT2D eigenvalue weighted by atomic mass is 16.3. The molecule has 0 spiro atoms. The molecule has 3 atom stereocenters. The van der Waals surface area contributed by atoms with Crippen LogP contribution in [0.3, 0.4) is 0 Å². The smallest absolute Gasteiger partial charge is 0.143 e. The fraction of sp³-hybridized carbons (Fsp3) is 0.244. The lowest BCUT2D eigenvalue weighted by Gasteiger charge is -2.36. The van der Waals surface area contributed by atoms with Gasteiger partial charge in [-0.3, -0.25) is 0 Å². The van der Waals surface area contributed by atoms with Gasteiger partial charge in [-0.25, -0.2) is 4.98 Å². The second-order valence-corrected chi connectivity index (χ2v) is 13.2. The van der Waals surface area contributed by atoms with Gasteiger partial charge in [0.15, 0.2) is 0 Å². The van der Waals surface area contributed by atoms with Gasteiger partial charge in [0.25, 0.3) is 0 Å². The lowest BCUT2D eigenvalue weighted by Crippen LogP contribution is -2.35. The summed E-state index contributed by atoms with van der Waals surface area (Å²) in [6.07, 6.45) is 23.8. The first-order valence-electron chi connectivity index (χ1n) is 16.4. The van der Waals surface area contributed by atoms with Crippen LogP contribution < -0.4 is 4.90 Å². The van der Waals surface area contributed by atoms with Crippen molar-refractivity contribution in [1.29, 1.82) is 0 Å². The monoisotopic (exact) mass is 587 g/mol. The Kier molecular flexibility index (Phi) is 6.12. The number of pyridine rings is 1. The number of furan rings is 1. The number of aromatic nitrogens is 2. The predicted octanol–water partition coefficient (Wildman–Crippen LogP) is 10.4. The molecule has 222 valence electrons. The van der Waals surface area contributed by atoms with Gasteiger partial charge in [-0.2, -0.15) is 0 Å². The number of anilines is 2. The quantitative estimate of drug-likeness (QED) is 0.211. The average Bonchev–Trinajstić information content (AvgIpc) is 3.62. The van der Waals surface area contributed by atoms with Gasteiger partial charge in [-0.15, -0.1) is 0 Å². The van der Waals surface area contributed by atoms with E-state index in [0.29, 0.717) is 0 Å². The molecule has 5 aromatic rings. The van der Waals surface area contributed by atoms with Crippen molar-refractivity contribution in [2.45, 2.75) is 51.0 Å². The number of aryl methyl sites for hydroxylation is 2. The van der Waals surface area contributed by atoms with Crippen LogP contribution in [-0.2, 0) is 13.5 Å². The average molecular weight is 588 g/mol. The third-order valence-corrected chi connectivity index (χ3v) is 10.3. The maximum Gasteiger partial charge on any atom is 0.143 e. The summed E-state index contributed by atoms with van der Waals surface area (Å²) in [7, 11) is 2.16. The molecule has 9 rings (SSSR count). The minimum Gasteiger partial charge on any atom is -0.456 e. The van der Waals surface area contributed by atoms with Gasteiger partial charge < -0.3 is 13.9 Å². The number of rotatable bonds is 3. The summed E-state index contributed by atoms with van der Waals surface area (Å²) in [4.78, 5) is 7.77. The number of hydrogen-bond acceptors (Lipinski definition) is 3. The van der Waals surface area contributed by atoms with Crippen LogP contribution in [0.15, 0.2) is 108 Å². The lowest BCUT2D eigenvalue weighted by atomic mass is 9.85. The van der Waals surface area contributed by atoms with E-state index in [1.807, 2.05) is 0 Å². The van der Waals surface area contributed by atoms with E-state index in [4.69, 9.17) is 9.40 Å². The molecule has 0 bridgehead atoms. The fourth-order valence-corrected chi connectivity index (χ4v) is 7.90. The Morgan fingerprint density at radius 3 is 2.73 bits per heavy atom. The van der Waals surface area contributed by atoms with Crippen molar-refractivity contribution in [2.24, 2.45) is 13.0 Å². The van der Waals surface area contributed by atoms with E-state index in [-0.39, 0.29) is 12.0 Å². The molecule has 45 heavy (non-hydrogen) atoms. The van der Waals surface area contributed by atoms with Crippen molar-refractivity contribution in [2.75, 3.05) is 4.90 Å². The van der Waals surface area contributed by atoms with Gasteiger partial charge in [-0.1, -0.05) is 67.6 Å². The topological polar surface area (TPSA) is 34.2 Å². The van der Waals surface area contributed by atoms with Crippen LogP contribution in [0, 0.1) is 5.92 Å². The number of benzene rings is 2. The van der Waals surface area contributed by atoms with Crippen LogP contribution >= 0.6 is 0 Å². The van der Waals surface area contributed by atoms with E-state index in [2.05, 4.69) is 133 Å². The van der Waals surface area contributed by atoms with Crippen LogP contribution in [-0.4, -0.2) is 15.6 Å². The minimum atomic E-state index is 0.0764. The van der Waals surface area contributed by atoms with Crippen molar-refractivity contribution in [3.63, 3.8) is 0 Å². The molecule has 4 nitrogen and oxygen atoms in total. The van der Waals surface area contributed by atoms with E-state index >= 15 is 0 Å². The molecule has 2 aromatic carbocycles. The molecule has 0 saturated heterocycles. The van der Waals surface area contributed by atoms with Crippen molar-refractivity contribution in [3.05, 3.63) is 126 Å². The number of nitrogens with zero attached hydrogens (tertiary/aromatic N) is 3. The first-order valence-corrected chi connectivity index (χ1v) is 16.4. The van der Waals surface area contributed by atoms with Crippen molar-refractivity contribution < 1.29 is 4.42 Å². The molecule has 0 amide bonds. The van der Waals surface area contributed by atoms with Gasteiger partial charge in [0.1, 0.15) is 17.2 Å². The van der Waals surface area contributed by atoms with E-state index in [1.54, 1.807) is 0 Å². The Morgan fingerprint density at radius 2 is 1.82 bits per heavy atom. The molecule has 1 aliphatic heterocycles. The zero-order valence-electron chi connectivity index (χ0n) is 25.9. The van der Waals surface area contributed by atoms with Crippen molar-refractivity contribution >= 4 is 34.1 Å². The Morgan fingerprint density at radius 1 is 0.933 bits per heavy atom. The van der Waals surface area contributed by atoms with Gasteiger partial charge in [0.2, 0.25) is 0 Å². The van der Waals surface area contributed by atoms with E-state index < -0.39 is 0 Å². The molecule has 0 fully saturated rings. The maximum absolute atomic E-state index is 6.69. The summed E-state index contributed by atoms with van der Waals surface area (Å²) in [5, 5.41) is 1.20. The van der Waals surface area contributed by atoms with Crippen LogP contribution in [0.4, 0.5) is 11.5 Å². The largest absolute Gasteiger partial charge is 0.456 e. The number of fused-ring (bicyclic) bond motifs is 8. The second kappa shape index (κ2) is 10.4. The first kappa shape index (κ1) is 26.6. The maximum atomic E-state index is 6.69. The highest BCUT2D eigenvalue weighted by Crippen LogP contribution is 2.52. The van der Waals surface area contributed by atoms with E-state index in [1.165, 1.54) is 39.8 Å². The summed E-state index contributed by atoms with van der Waals surface area (Å²) >= 11 is 0. The van der Waals surface area contributed by atoms with Crippen LogP contribution in [0.1, 0.15) is 60.9 Å². The molecule has 3 aromatic heterocycles. The molecule has 4 heterocycles. The van der Waals surface area contributed by atoms with Crippen LogP contribution in [0.5, 0.6) is 0 Å². The summed E-state index contributed by atoms with van der Waals surface area (Å²) in [5.74, 6) is 3.00. The van der Waals surface area contributed by atoms with Crippen molar-refractivity contribution in [3.8, 4) is 22.6 Å². The second-order valence-electron chi connectivity index (χ2n) is 13.2. The van der Waals surface area contributed by atoms with Gasteiger partial charge in [0.05, 0.1) is 23.0 Å². The SMILES string of the molecule is CC1CC=C(c2cc(-c3ccc4c(n3)C=CCC4)cc(N3c4c(ccn4C)-c4oc5ccccc5c4C4C=CC=CC43)c2)CC1. The van der Waals surface area contributed by atoms with Gasteiger partial charge in [-0.05, 0) is 97.2 Å². The van der Waals surface area contributed by atoms with Gasteiger partial charge in [0, 0.05) is 41.4 Å². The minimum absolute atomic E-state index is 0.0764. The van der Waals surface area contributed by atoms with E-state index in [0.717, 1.165) is 71.3 Å². The molecule has 3 unspecified atom stereocenters. The fourth-order valence-electron chi connectivity index (χ4n) is 7.90. The molecule has 0 saturated carbocycles. The number of allylic oxidation sites excluding steroid dienone is 5. The number of para-hydroxylation sites is 1. The molecular weight excluding hydrogens is 550 g/mol. The third-order valence-electron chi connectivity index (χ3n) is 10.3. The Bertz CT molecular complexity index is 2100. The normalized spacial score (nSPS) is 21.6. The molecule has 0 N–H and O–H groups in total. The highest BCUT2D eigenvalue weighted by Gasteiger charge is 2.39. The standard InChI is InChI=1S/C41H37N3O/c1-26-15-17-27(18-16-26)29-23-30(36-20-19-28-9-3-6-12-35(28)42-36)25-31(24-29)44-37-13-7-4-10-32(37)39-33-11-5-8-14-38(33)45-40(39)34-21-22-43(2)41(34)44/h4-8,10-14,17,19-26,32,37H,3,9,15-16,18H2,1-2H3. The Hall–Kier alpha value is -4.83. The third kappa shape index (κ3) is 4.30. The van der Waals surface area contributed by atoms with E-state index in [9.17, 15) is 0 Å². The molecule has 0 radical (unpaired) electrons. The Labute approximate surface area is 264 Å². The summed E-state index contributed by atoms with van der Waals surface area (Å²) < 4.78 is 8.96. The first-order chi connectivity index (χ1) is 22.1. The molecule has 4 heteroatoms. The summed E-state index contributed by atoms with van der Waals surface area (Å²) in [5.41, 5.74) is 11.9. The molecular formula is C41H37N3O. The predicted molar refractivity (Wildman–Crippen MR) is 186 cm³/mol. The Balaban J connectivity index is 1.28. The zero-order valence-corrected chi connectivity index (χ0v) is 25.9. The summed E-state index contributed by atoms with van der Waals surface area (Å²) in [6.45, 7) is 2.36. The lowest BCUT2D eigenvalue weighted by molar-refractivity contribution is 0.534. The highest BCUT2D eigenvalue weighted by molar-refractivity contribution is 5.95. The number of hydrogen-bond donors (Lipinski definition) is 0.